The molecule has 2 rings (SSSR count). The van der Waals surface area contributed by atoms with Gasteiger partial charge in [-0.3, -0.25) is 4.79 Å². The summed E-state index contributed by atoms with van der Waals surface area (Å²) in [6.45, 7) is 0. The number of nitrogens with one attached hydrogen (secondary N) is 1. The summed E-state index contributed by atoms with van der Waals surface area (Å²) >= 11 is 6.76. The molecule has 0 aliphatic carbocycles. The molecule has 0 spiro atoms. The molecule has 0 fully saturated rings. The van der Waals surface area contributed by atoms with Gasteiger partial charge in [-0.2, -0.15) is 0 Å². The molecule has 0 aliphatic rings. The van der Waals surface area contributed by atoms with E-state index in [2.05, 4.69) is 37.2 Å². The molecule has 4 heteroatoms. The number of benzene rings is 2. The number of amides is 1. The van der Waals surface area contributed by atoms with E-state index in [-0.39, 0.29) is 5.91 Å². The van der Waals surface area contributed by atoms with E-state index in [9.17, 15) is 4.79 Å². The van der Waals surface area contributed by atoms with E-state index in [4.69, 9.17) is 0 Å². The lowest BCUT2D eigenvalue weighted by Crippen LogP contribution is -2.11. The highest BCUT2D eigenvalue weighted by molar-refractivity contribution is 9.10. The van der Waals surface area contributed by atoms with E-state index in [1.807, 2.05) is 36.4 Å². The summed E-state index contributed by atoms with van der Waals surface area (Å²) in [6.07, 6.45) is 0.987. The van der Waals surface area contributed by atoms with Gasteiger partial charge in [0.2, 0.25) is 0 Å². The summed E-state index contributed by atoms with van der Waals surface area (Å²) in [6, 6.07) is 15.2. The quantitative estimate of drug-likeness (QED) is 0.766. The molecule has 0 saturated carbocycles. The van der Waals surface area contributed by atoms with Crippen LogP contribution in [-0.2, 0) is 6.42 Å². The predicted molar refractivity (Wildman–Crippen MR) is 86.0 cm³/mol. The summed E-state index contributed by atoms with van der Waals surface area (Å²) in [5.74, 6) is -0.0965. The van der Waals surface area contributed by atoms with Crippen LogP contribution in [0, 0.1) is 0 Å². The summed E-state index contributed by atoms with van der Waals surface area (Å²) in [5.41, 5.74) is 2.71. The van der Waals surface area contributed by atoms with Gasteiger partial charge in [-0.1, -0.05) is 44.0 Å². The second-order valence-electron chi connectivity index (χ2n) is 4.10. The highest BCUT2D eigenvalue weighted by atomic mass is 79.9. The average Bonchev–Trinajstić information content (AvgIpc) is 2.42. The molecule has 0 saturated heterocycles. The van der Waals surface area contributed by atoms with Crippen LogP contribution in [-0.4, -0.2) is 11.2 Å². The number of hydrogen-bond donors (Lipinski definition) is 1. The highest BCUT2D eigenvalue weighted by Gasteiger charge is 2.05. The molecule has 0 unspecified atom stereocenters. The molecule has 0 aliphatic heterocycles. The summed E-state index contributed by atoms with van der Waals surface area (Å²) in [7, 11) is 0. The van der Waals surface area contributed by atoms with Crippen LogP contribution >= 0.6 is 31.9 Å². The molecule has 0 radical (unpaired) electrons. The van der Waals surface area contributed by atoms with E-state index in [1.165, 1.54) is 5.56 Å². The van der Waals surface area contributed by atoms with Crippen LogP contribution in [0.5, 0.6) is 0 Å². The third-order valence-electron chi connectivity index (χ3n) is 2.70. The number of carbonyl (C=O) groups excluding carboxylic acids is 1. The molecule has 1 amide bonds. The van der Waals surface area contributed by atoms with Gasteiger partial charge in [-0.15, -0.1) is 0 Å². The number of carbonyl (C=O) groups is 1. The maximum Gasteiger partial charge on any atom is 0.255 e. The van der Waals surface area contributed by atoms with Crippen LogP contribution < -0.4 is 5.32 Å². The van der Waals surface area contributed by atoms with Crippen molar-refractivity contribution in [1.82, 2.24) is 0 Å². The number of aryl methyl sites for hydroxylation is 1. The molecule has 2 nitrogen and oxygen atoms in total. The minimum Gasteiger partial charge on any atom is -0.322 e. The fourth-order valence-corrected chi connectivity index (χ4v) is 2.39. The molecular formula is C15H13Br2NO. The van der Waals surface area contributed by atoms with Gasteiger partial charge in [0.25, 0.3) is 5.91 Å². The minimum atomic E-state index is -0.0965. The monoisotopic (exact) mass is 381 g/mol. The van der Waals surface area contributed by atoms with Gasteiger partial charge in [-0.25, -0.2) is 0 Å². The predicted octanol–water partition coefficient (Wildman–Crippen LogP) is 4.64. The van der Waals surface area contributed by atoms with Crippen molar-refractivity contribution in [3.63, 3.8) is 0 Å². The smallest absolute Gasteiger partial charge is 0.255 e. The van der Waals surface area contributed by atoms with Crippen LogP contribution in [0.2, 0.25) is 0 Å². The maximum absolute atomic E-state index is 12.0. The lowest BCUT2D eigenvalue weighted by molar-refractivity contribution is 0.102. The Labute approximate surface area is 129 Å². The van der Waals surface area contributed by atoms with Crippen LogP contribution in [0.15, 0.2) is 53.0 Å². The molecule has 19 heavy (non-hydrogen) atoms. The first-order valence-electron chi connectivity index (χ1n) is 5.91. The lowest BCUT2D eigenvalue weighted by Gasteiger charge is -2.06. The zero-order valence-electron chi connectivity index (χ0n) is 10.2. The van der Waals surface area contributed by atoms with Crippen molar-refractivity contribution < 1.29 is 4.79 Å². The van der Waals surface area contributed by atoms with Crippen LogP contribution in [0.25, 0.3) is 0 Å². The molecule has 1 N–H and O–H groups in total. The van der Waals surface area contributed by atoms with E-state index in [1.54, 1.807) is 12.1 Å². The van der Waals surface area contributed by atoms with Crippen molar-refractivity contribution in [2.24, 2.45) is 0 Å². The number of halogens is 2. The van der Waals surface area contributed by atoms with Crippen molar-refractivity contribution in [3.8, 4) is 0 Å². The Morgan fingerprint density at radius 2 is 1.63 bits per heavy atom. The van der Waals surface area contributed by atoms with Gasteiger partial charge in [0.15, 0.2) is 0 Å². The Kier molecular flexibility index (Phi) is 5.16. The van der Waals surface area contributed by atoms with Crippen LogP contribution in [0.3, 0.4) is 0 Å². The lowest BCUT2D eigenvalue weighted by atomic mass is 10.1. The normalized spacial score (nSPS) is 10.2. The van der Waals surface area contributed by atoms with Gasteiger partial charge in [-0.05, 0) is 48.4 Å². The molecule has 0 heterocycles. The third kappa shape index (κ3) is 4.18. The third-order valence-corrected chi connectivity index (χ3v) is 3.63. The van der Waals surface area contributed by atoms with Gasteiger partial charge in [0, 0.05) is 21.1 Å². The first-order chi connectivity index (χ1) is 9.19. The summed E-state index contributed by atoms with van der Waals surface area (Å²) < 4.78 is 0.961. The Hall–Kier alpha value is -1.13. The zero-order chi connectivity index (χ0) is 13.7. The molecule has 2 aromatic carbocycles. The molecule has 0 atom stereocenters. The SMILES string of the molecule is O=C(Nc1ccc(CCBr)cc1)c1ccc(Br)cc1. The molecule has 98 valence electrons. The summed E-state index contributed by atoms with van der Waals surface area (Å²) in [4.78, 5) is 12.0. The Bertz CT molecular complexity index is 549. The second kappa shape index (κ2) is 6.87. The minimum absolute atomic E-state index is 0.0965. The van der Waals surface area contributed by atoms with Crippen molar-refractivity contribution in [3.05, 3.63) is 64.1 Å². The Morgan fingerprint density at radius 1 is 1.00 bits per heavy atom. The van der Waals surface area contributed by atoms with Crippen LogP contribution in [0.1, 0.15) is 15.9 Å². The van der Waals surface area contributed by atoms with E-state index >= 15 is 0 Å². The number of alkyl halides is 1. The Morgan fingerprint density at radius 3 is 2.21 bits per heavy atom. The van der Waals surface area contributed by atoms with Gasteiger partial charge >= 0.3 is 0 Å². The molecule has 0 aromatic heterocycles. The van der Waals surface area contributed by atoms with E-state index < -0.39 is 0 Å². The standard InChI is InChI=1S/C15H13Br2NO/c16-10-9-11-1-7-14(8-2-11)18-15(19)12-3-5-13(17)6-4-12/h1-8H,9-10H2,(H,18,19). The first-order valence-corrected chi connectivity index (χ1v) is 7.82. The Balaban J connectivity index is 2.04. The van der Waals surface area contributed by atoms with Gasteiger partial charge in [0.05, 0.1) is 0 Å². The van der Waals surface area contributed by atoms with Gasteiger partial charge < -0.3 is 5.32 Å². The van der Waals surface area contributed by atoms with Crippen LogP contribution in [0.4, 0.5) is 5.69 Å². The fourth-order valence-electron chi connectivity index (χ4n) is 1.67. The van der Waals surface area contributed by atoms with Crippen molar-refractivity contribution in [2.45, 2.75) is 6.42 Å². The number of anilines is 1. The molecule has 2 aromatic rings. The molecule has 0 bridgehead atoms. The number of rotatable bonds is 4. The highest BCUT2D eigenvalue weighted by Crippen LogP contribution is 2.14. The summed E-state index contributed by atoms with van der Waals surface area (Å²) in [5, 5.41) is 3.82. The zero-order valence-corrected chi connectivity index (χ0v) is 13.4. The van der Waals surface area contributed by atoms with Crippen molar-refractivity contribution >= 4 is 43.5 Å². The van der Waals surface area contributed by atoms with Crippen molar-refractivity contribution in [1.29, 1.82) is 0 Å². The molecular weight excluding hydrogens is 370 g/mol. The van der Waals surface area contributed by atoms with E-state index in [0.717, 1.165) is 21.9 Å². The number of hydrogen-bond acceptors (Lipinski definition) is 1. The fraction of sp³-hybridized carbons (Fsp3) is 0.133. The second-order valence-corrected chi connectivity index (χ2v) is 5.81. The average molecular weight is 383 g/mol. The topological polar surface area (TPSA) is 29.1 Å². The first kappa shape index (κ1) is 14.3. The van der Waals surface area contributed by atoms with Crippen molar-refractivity contribution in [2.75, 3.05) is 10.6 Å². The maximum atomic E-state index is 12.0. The van der Waals surface area contributed by atoms with E-state index in [0.29, 0.717) is 5.56 Å². The largest absolute Gasteiger partial charge is 0.322 e. The van der Waals surface area contributed by atoms with Gasteiger partial charge in [0.1, 0.15) is 0 Å².